The number of nitrogens with zero attached hydrogens (tertiary/aromatic N) is 1. The first-order valence-corrected chi connectivity index (χ1v) is 5.67. The predicted octanol–water partition coefficient (Wildman–Crippen LogP) is 3.90. The predicted molar refractivity (Wildman–Crippen MR) is 63.9 cm³/mol. The number of benzene rings is 1. The molecule has 2 aromatic heterocycles. The maximum absolute atomic E-state index is 12.8. The summed E-state index contributed by atoms with van der Waals surface area (Å²) in [5, 5.41) is 4.27. The summed E-state index contributed by atoms with van der Waals surface area (Å²) >= 11 is 1.48. The number of rotatable bonds is 1. The van der Waals surface area contributed by atoms with Crippen LogP contribution in [0, 0.1) is 11.2 Å². The summed E-state index contributed by atoms with van der Waals surface area (Å²) in [5.74, 6) is -0.221. The lowest BCUT2D eigenvalue weighted by atomic mass is 10.1. The summed E-state index contributed by atoms with van der Waals surface area (Å²) < 4.78 is 12.8. The van der Waals surface area contributed by atoms with Gasteiger partial charge in [-0.3, -0.25) is 0 Å². The van der Waals surface area contributed by atoms with Crippen LogP contribution in [-0.2, 0) is 0 Å². The molecule has 1 nitrogen and oxygen atoms in total. The standard InChI is InChI=1S/C13H7FNS/c14-10-5-3-9(4-6-10)12-8-16-13-11(12)2-1-7-15-13/h1-7H. The van der Waals surface area contributed by atoms with E-state index >= 15 is 0 Å². The van der Waals surface area contributed by atoms with Gasteiger partial charge in [-0.2, -0.15) is 0 Å². The second kappa shape index (κ2) is 3.68. The Bertz CT molecular complexity index is 628. The van der Waals surface area contributed by atoms with E-state index in [4.69, 9.17) is 0 Å². The van der Waals surface area contributed by atoms with Crippen molar-refractivity contribution in [2.45, 2.75) is 0 Å². The maximum Gasteiger partial charge on any atom is 0.124 e. The van der Waals surface area contributed by atoms with Crippen molar-refractivity contribution >= 4 is 21.6 Å². The highest BCUT2D eigenvalue weighted by Gasteiger charge is 2.06. The molecular formula is C13H7FNS. The molecule has 0 atom stereocenters. The van der Waals surface area contributed by atoms with Gasteiger partial charge in [-0.1, -0.05) is 12.1 Å². The van der Waals surface area contributed by atoms with Gasteiger partial charge in [0.1, 0.15) is 10.6 Å². The summed E-state index contributed by atoms with van der Waals surface area (Å²) in [4.78, 5) is 5.22. The first-order chi connectivity index (χ1) is 7.84. The first kappa shape index (κ1) is 9.48. The van der Waals surface area contributed by atoms with Crippen molar-refractivity contribution in [3.8, 4) is 11.1 Å². The van der Waals surface area contributed by atoms with Gasteiger partial charge in [0.15, 0.2) is 0 Å². The molecule has 0 fully saturated rings. The average Bonchev–Trinajstić information content (AvgIpc) is 2.74. The van der Waals surface area contributed by atoms with E-state index in [0.29, 0.717) is 0 Å². The summed E-state index contributed by atoms with van der Waals surface area (Å²) in [5.41, 5.74) is 1.97. The van der Waals surface area contributed by atoms with E-state index in [1.165, 1.54) is 23.5 Å². The average molecular weight is 228 g/mol. The second-order valence-electron chi connectivity index (χ2n) is 3.44. The highest BCUT2D eigenvalue weighted by Crippen LogP contribution is 2.31. The molecular weight excluding hydrogens is 221 g/mol. The molecule has 77 valence electrons. The van der Waals surface area contributed by atoms with Gasteiger partial charge in [-0.25, -0.2) is 9.37 Å². The van der Waals surface area contributed by atoms with Crippen molar-refractivity contribution in [3.63, 3.8) is 0 Å². The first-order valence-electron chi connectivity index (χ1n) is 4.86. The lowest BCUT2D eigenvalue weighted by Gasteiger charge is -1.98. The third-order valence-corrected chi connectivity index (χ3v) is 3.25. The lowest BCUT2D eigenvalue weighted by Crippen LogP contribution is -1.77. The largest absolute Gasteiger partial charge is 0.245 e. The lowest BCUT2D eigenvalue weighted by molar-refractivity contribution is 0.628. The molecule has 0 aliphatic rings. The number of fused-ring (bicyclic) bond motifs is 1. The van der Waals surface area contributed by atoms with E-state index in [1.807, 2.05) is 12.1 Å². The molecule has 1 aromatic carbocycles. The monoisotopic (exact) mass is 228 g/mol. The zero-order valence-electron chi connectivity index (χ0n) is 8.27. The van der Waals surface area contributed by atoms with Crippen LogP contribution in [0.3, 0.4) is 0 Å². The van der Waals surface area contributed by atoms with Crippen molar-refractivity contribution in [2.75, 3.05) is 0 Å². The quantitative estimate of drug-likeness (QED) is 0.615. The Kier molecular flexibility index (Phi) is 2.18. The molecule has 0 saturated heterocycles. The maximum atomic E-state index is 12.8. The van der Waals surface area contributed by atoms with Crippen LogP contribution >= 0.6 is 11.3 Å². The minimum Gasteiger partial charge on any atom is -0.245 e. The van der Waals surface area contributed by atoms with Crippen LogP contribution in [0.2, 0.25) is 0 Å². The second-order valence-corrected chi connectivity index (χ2v) is 4.24. The molecule has 0 spiro atoms. The Morgan fingerprint density at radius 1 is 1.12 bits per heavy atom. The van der Waals surface area contributed by atoms with Crippen molar-refractivity contribution < 1.29 is 4.39 Å². The summed E-state index contributed by atoms with van der Waals surface area (Å²) in [6.07, 6.45) is 1.76. The van der Waals surface area contributed by atoms with Crippen molar-refractivity contribution in [1.82, 2.24) is 4.98 Å². The highest BCUT2D eigenvalue weighted by atomic mass is 32.1. The minimum absolute atomic E-state index is 0.221. The van der Waals surface area contributed by atoms with Crippen molar-refractivity contribution in [1.29, 1.82) is 0 Å². The van der Waals surface area contributed by atoms with E-state index in [0.717, 1.165) is 21.3 Å². The molecule has 0 unspecified atom stereocenters. The van der Waals surface area contributed by atoms with Gasteiger partial charge >= 0.3 is 0 Å². The Morgan fingerprint density at radius 2 is 1.94 bits per heavy atom. The molecule has 3 aromatic rings. The molecule has 0 aliphatic carbocycles. The third-order valence-electron chi connectivity index (χ3n) is 2.42. The number of hydrogen-bond donors (Lipinski definition) is 0. The molecule has 0 amide bonds. The zero-order chi connectivity index (χ0) is 11.0. The molecule has 16 heavy (non-hydrogen) atoms. The van der Waals surface area contributed by atoms with Crippen LogP contribution in [0.4, 0.5) is 4.39 Å². The van der Waals surface area contributed by atoms with Crippen molar-refractivity contribution in [3.05, 3.63) is 53.8 Å². The smallest absolute Gasteiger partial charge is 0.124 e. The van der Waals surface area contributed by atoms with E-state index in [-0.39, 0.29) is 5.82 Å². The van der Waals surface area contributed by atoms with Gasteiger partial charge in [0.25, 0.3) is 0 Å². The van der Waals surface area contributed by atoms with E-state index < -0.39 is 0 Å². The summed E-state index contributed by atoms with van der Waals surface area (Å²) in [6, 6.07) is 10.4. The van der Waals surface area contributed by atoms with Gasteiger partial charge in [0.2, 0.25) is 0 Å². The molecule has 3 rings (SSSR count). The Hall–Kier alpha value is -1.74. The third kappa shape index (κ3) is 1.49. The topological polar surface area (TPSA) is 12.9 Å². The van der Waals surface area contributed by atoms with Crippen molar-refractivity contribution in [2.24, 2.45) is 0 Å². The van der Waals surface area contributed by atoms with E-state index in [1.54, 1.807) is 18.3 Å². The van der Waals surface area contributed by atoms with Gasteiger partial charge in [-0.05, 0) is 29.8 Å². The SMILES string of the molecule is Fc1ccc(-c2[c]sc3ncccc23)cc1. The summed E-state index contributed by atoms with van der Waals surface area (Å²) in [7, 11) is 0. The molecule has 0 saturated carbocycles. The van der Waals surface area contributed by atoms with Gasteiger partial charge in [0.05, 0.1) is 5.38 Å². The van der Waals surface area contributed by atoms with Gasteiger partial charge in [-0.15, -0.1) is 11.3 Å². The van der Waals surface area contributed by atoms with Crippen LogP contribution in [0.25, 0.3) is 21.3 Å². The number of hydrogen-bond acceptors (Lipinski definition) is 2. The molecule has 1 radical (unpaired) electrons. The zero-order valence-corrected chi connectivity index (χ0v) is 9.09. The van der Waals surface area contributed by atoms with Crippen LogP contribution < -0.4 is 0 Å². The fourth-order valence-corrected chi connectivity index (χ4v) is 2.47. The Balaban J connectivity index is 2.22. The van der Waals surface area contributed by atoms with Crippen LogP contribution in [0.5, 0.6) is 0 Å². The summed E-state index contributed by atoms with van der Waals surface area (Å²) in [6.45, 7) is 0. The molecule has 0 bridgehead atoms. The molecule has 0 aliphatic heterocycles. The van der Waals surface area contributed by atoms with Gasteiger partial charge < -0.3 is 0 Å². The fraction of sp³-hybridized carbons (Fsp3) is 0. The molecule has 3 heteroatoms. The van der Waals surface area contributed by atoms with Crippen LogP contribution in [-0.4, -0.2) is 4.98 Å². The van der Waals surface area contributed by atoms with Crippen LogP contribution in [0.15, 0.2) is 42.6 Å². The van der Waals surface area contributed by atoms with Crippen LogP contribution in [0.1, 0.15) is 0 Å². The number of halogens is 1. The minimum atomic E-state index is -0.221. The van der Waals surface area contributed by atoms with Gasteiger partial charge in [0, 0.05) is 17.1 Å². The number of thiophene rings is 1. The Labute approximate surface area is 96.2 Å². The van der Waals surface area contributed by atoms with E-state index in [2.05, 4.69) is 10.4 Å². The number of pyridine rings is 1. The normalized spacial score (nSPS) is 10.8. The molecule has 2 heterocycles. The molecule has 0 N–H and O–H groups in total. The van der Waals surface area contributed by atoms with E-state index in [9.17, 15) is 4.39 Å². The highest BCUT2D eigenvalue weighted by molar-refractivity contribution is 7.16. The number of aromatic nitrogens is 1. The Morgan fingerprint density at radius 3 is 2.75 bits per heavy atom. The fourth-order valence-electron chi connectivity index (χ4n) is 1.65.